The van der Waals surface area contributed by atoms with Gasteiger partial charge in [-0.3, -0.25) is 4.79 Å². The molecule has 0 atom stereocenters. The van der Waals surface area contributed by atoms with Crippen molar-refractivity contribution in [3.05, 3.63) is 45.8 Å². The van der Waals surface area contributed by atoms with E-state index in [9.17, 15) is 0 Å². The molecule has 1 N–H and O–H groups in total. The van der Waals surface area contributed by atoms with Crippen LogP contribution in [0.25, 0.3) is 10.4 Å². The van der Waals surface area contributed by atoms with Crippen molar-refractivity contribution < 1.29 is 14.1 Å². The predicted molar refractivity (Wildman–Crippen MR) is 103 cm³/mol. The molecule has 24 heavy (non-hydrogen) atoms. The van der Waals surface area contributed by atoms with E-state index in [2.05, 4.69) is 57.9 Å². The highest BCUT2D eigenvalue weighted by Gasteiger charge is 2.29. The number of fused-ring (bicyclic) bond motifs is 1. The summed E-state index contributed by atoms with van der Waals surface area (Å²) in [6, 6.07) is 8.52. The zero-order chi connectivity index (χ0) is 17.7. The van der Waals surface area contributed by atoms with Crippen molar-refractivity contribution >= 4 is 30.7 Å². The summed E-state index contributed by atoms with van der Waals surface area (Å²) in [5.74, 6) is 0. The number of benzene rings is 1. The first kappa shape index (κ1) is 19.0. The second kappa shape index (κ2) is 8.19. The Morgan fingerprint density at radius 1 is 1.38 bits per heavy atom. The van der Waals surface area contributed by atoms with Gasteiger partial charge in [0.1, 0.15) is 0 Å². The van der Waals surface area contributed by atoms with Gasteiger partial charge in [0.2, 0.25) is 0 Å². The van der Waals surface area contributed by atoms with Crippen LogP contribution in [0.3, 0.4) is 0 Å². The van der Waals surface area contributed by atoms with Crippen LogP contribution in [0.5, 0.6) is 0 Å². The number of thiophene rings is 1. The van der Waals surface area contributed by atoms with E-state index in [-0.39, 0.29) is 6.47 Å². The molecule has 3 nitrogen and oxygen atoms in total. The number of thiol groups is 1. The summed E-state index contributed by atoms with van der Waals surface area (Å²) in [6.45, 7) is 7.34. The summed E-state index contributed by atoms with van der Waals surface area (Å²) in [6.07, 6.45) is 3.72. The van der Waals surface area contributed by atoms with Crippen molar-refractivity contribution in [2.45, 2.75) is 46.6 Å². The van der Waals surface area contributed by atoms with E-state index in [4.69, 9.17) is 14.1 Å². The molecule has 0 aliphatic heterocycles. The van der Waals surface area contributed by atoms with Crippen molar-refractivity contribution in [1.29, 1.82) is 0 Å². The minimum atomic E-state index is -0.250. The standard InChI is InChI=1S/C18H22OS2.CH2O2/c1-12-14-8-9-18(2,3)10-16(14)21-17(12)15-7-5-4-6-13(15)11-19-20;2-1-3/h4-7,20H,8-11H2,1-3H3;1H,(H,2,3). The molecule has 130 valence electrons. The predicted octanol–water partition coefficient (Wildman–Crippen LogP) is 5.30. The van der Waals surface area contributed by atoms with Crippen molar-refractivity contribution in [3.8, 4) is 10.4 Å². The smallest absolute Gasteiger partial charge is 0.290 e. The molecular weight excluding hydrogens is 340 g/mol. The Kier molecular flexibility index (Phi) is 6.49. The zero-order valence-electron chi connectivity index (χ0n) is 14.3. The van der Waals surface area contributed by atoms with Crippen LogP contribution in [0, 0.1) is 12.3 Å². The van der Waals surface area contributed by atoms with Gasteiger partial charge in [-0.1, -0.05) is 38.1 Å². The highest BCUT2D eigenvalue weighted by Crippen LogP contribution is 2.45. The van der Waals surface area contributed by atoms with Gasteiger partial charge >= 0.3 is 0 Å². The zero-order valence-corrected chi connectivity index (χ0v) is 16.0. The fourth-order valence-electron chi connectivity index (χ4n) is 3.26. The summed E-state index contributed by atoms with van der Waals surface area (Å²) >= 11 is 5.89. The molecule has 1 aromatic carbocycles. The summed E-state index contributed by atoms with van der Waals surface area (Å²) in [7, 11) is 0. The van der Waals surface area contributed by atoms with Gasteiger partial charge in [-0.2, -0.15) is 0 Å². The van der Waals surface area contributed by atoms with Crippen LogP contribution < -0.4 is 0 Å². The second-order valence-electron chi connectivity index (χ2n) is 6.83. The van der Waals surface area contributed by atoms with Crippen molar-refractivity contribution in [2.24, 2.45) is 5.41 Å². The maximum Gasteiger partial charge on any atom is 0.290 e. The fourth-order valence-corrected chi connectivity index (χ4v) is 5.07. The van der Waals surface area contributed by atoms with E-state index in [0.717, 1.165) is 0 Å². The summed E-state index contributed by atoms with van der Waals surface area (Å²) < 4.78 is 5.06. The summed E-state index contributed by atoms with van der Waals surface area (Å²) in [4.78, 5) is 11.4. The first-order valence-corrected chi connectivity index (χ1v) is 9.15. The molecule has 1 aliphatic carbocycles. The van der Waals surface area contributed by atoms with E-state index in [0.29, 0.717) is 12.0 Å². The number of hydrogen-bond acceptors (Lipinski definition) is 4. The Morgan fingerprint density at radius 3 is 2.71 bits per heavy atom. The summed E-state index contributed by atoms with van der Waals surface area (Å²) in [5, 5.41) is 6.89. The third kappa shape index (κ3) is 4.21. The van der Waals surface area contributed by atoms with Crippen LogP contribution >= 0.6 is 24.2 Å². The Balaban J connectivity index is 0.000000647. The highest BCUT2D eigenvalue weighted by atomic mass is 32.1. The van der Waals surface area contributed by atoms with E-state index in [1.54, 1.807) is 10.4 Å². The van der Waals surface area contributed by atoms with Gasteiger partial charge in [0.15, 0.2) is 0 Å². The highest BCUT2D eigenvalue weighted by molar-refractivity contribution is 7.75. The van der Waals surface area contributed by atoms with Gasteiger partial charge in [-0.05, 0) is 66.8 Å². The lowest BCUT2D eigenvalue weighted by Crippen LogP contribution is -2.20. The summed E-state index contributed by atoms with van der Waals surface area (Å²) in [5.41, 5.74) is 6.03. The topological polar surface area (TPSA) is 46.5 Å². The molecule has 0 saturated carbocycles. The minimum Gasteiger partial charge on any atom is -0.483 e. The number of hydrogen-bond donors (Lipinski definition) is 2. The molecule has 0 spiro atoms. The van der Waals surface area contributed by atoms with Crippen LogP contribution in [0.1, 0.15) is 41.8 Å². The SMILES string of the molecule is Cc1c(-c2ccccc2COS)sc2c1CCC(C)(C)C2.O=CO. The van der Waals surface area contributed by atoms with E-state index in [1.807, 2.05) is 11.3 Å². The lowest BCUT2D eigenvalue weighted by atomic mass is 9.77. The third-order valence-electron chi connectivity index (χ3n) is 4.53. The minimum absolute atomic E-state index is 0.250. The molecule has 2 aromatic rings. The normalized spacial score (nSPS) is 15.2. The molecule has 0 radical (unpaired) electrons. The molecule has 0 unspecified atom stereocenters. The molecule has 0 bridgehead atoms. The van der Waals surface area contributed by atoms with Crippen molar-refractivity contribution in [3.63, 3.8) is 0 Å². The monoisotopic (exact) mass is 364 g/mol. The van der Waals surface area contributed by atoms with Crippen LogP contribution in [0.15, 0.2) is 24.3 Å². The van der Waals surface area contributed by atoms with Gasteiger partial charge in [0.25, 0.3) is 6.47 Å². The number of carbonyl (C=O) groups is 1. The molecule has 0 saturated heterocycles. The molecule has 0 fully saturated rings. The lowest BCUT2D eigenvalue weighted by molar-refractivity contribution is -0.122. The van der Waals surface area contributed by atoms with Crippen LogP contribution in [0.2, 0.25) is 0 Å². The first-order chi connectivity index (χ1) is 11.4. The Bertz CT molecular complexity index is 705. The second-order valence-corrected chi connectivity index (χ2v) is 8.20. The largest absolute Gasteiger partial charge is 0.483 e. The average Bonchev–Trinajstić information content (AvgIpc) is 2.84. The van der Waals surface area contributed by atoms with E-state index >= 15 is 0 Å². The molecule has 1 aliphatic rings. The Morgan fingerprint density at radius 2 is 2.04 bits per heavy atom. The third-order valence-corrected chi connectivity index (χ3v) is 6.02. The van der Waals surface area contributed by atoms with Gasteiger partial charge < -0.3 is 9.29 Å². The van der Waals surface area contributed by atoms with Crippen LogP contribution in [-0.2, 0) is 28.4 Å². The van der Waals surface area contributed by atoms with E-state index in [1.165, 1.54) is 40.8 Å². The van der Waals surface area contributed by atoms with Gasteiger partial charge in [0, 0.05) is 9.75 Å². The van der Waals surface area contributed by atoms with Crippen molar-refractivity contribution in [2.75, 3.05) is 0 Å². The first-order valence-electron chi connectivity index (χ1n) is 7.97. The molecule has 3 rings (SSSR count). The van der Waals surface area contributed by atoms with Crippen LogP contribution in [-0.4, -0.2) is 11.6 Å². The molecule has 5 heteroatoms. The van der Waals surface area contributed by atoms with Crippen molar-refractivity contribution in [1.82, 2.24) is 0 Å². The molecular formula is C19H24O3S2. The Hall–Kier alpha value is -1.30. The quantitative estimate of drug-likeness (QED) is 0.441. The fraction of sp³-hybridized carbons (Fsp3) is 0.421. The molecule has 0 amide bonds. The van der Waals surface area contributed by atoms with Crippen LogP contribution in [0.4, 0.5) is 0 Å². The molecule has 1 heterocycles. The number of carboxylic acid groups (broad SMARTS) is 1. The average molecular weight is 365 g/mol. The molecule has 1 aromatic heterocycles. The van der Waals surface area contributed by atoms with Gasteiger partial charge in [-0.15, -0.1) is 11.3 Å². The maximum atomic E-state index is 8.36. The number of rotatable bonds is 3. The van der Waals surface area contributed by atoms with E-state index < -0.39 is 0 Å². The van der Waals surface area contributed by atoms with Gasteiger partial charge in [0.05, 0.1) is 6.61 Å². The van der Waals surface area contributed by atoms with Gasteiger partial charge in [-0.25, -0.2) is 0 Å². The lowest BCUT2D eigenvalue weighted by Gasteiger charge is -2.29. The Labute approximate surface area is 153 Å². The maximum absolute atomic E-state index is 8.36.